The molecule has 0 amide bonds. The third-order valence-corrected chi connectivity index (χ3v) is 2.83. The molecular weight excluding hydrogens is 300 g/mol. The lowest BCUT2D eigenvalue weighted by molar-refractivity contribution is 0.0987. The van der Waals surface area contributed by atoms with Gasteiger partial charge < -0.3 is 10.1 Å². The number of Topliss-reactive ketones (excluding diaryl/α,β-unsaturated/α-hetero) is 1. The third kappa shape index (κ3) is 5.31. The lowest BCUT2D eigenvalue weighted by Crippen LogP contribution is -2.09. The van der Waals surface area contributed by atoms with Crippen molar-refractivity contribution in [3.05, 3.63) is 71.2 Å². The fourth-order valence-electron chi connectivity index (χ4n) is 1.50. The number of carbonyl (C=O) groups is 1. The minimum atomic E-state index is -0.342. The van der Waals surface area contributed by atoms with Crippen molar-refractivity contribution in [3.63, 3.8) is 0 Å². The molecule has 0 saturated heterocycles. The predicted octanol–water partition coefficient (Wildman–Crippen LogP) is 3.65. The smallest absolute Gasteiger partial charge is 0.229 e. The van der Waals surface area contributed by atoms with E-state index in [1.807, 2.05) is 21.0 Å². The standard InChI is InChI=1S/C15H12ClNO2.C2H7N/c1-10-7-8-12(9-17-10)19-11(2)15(18)13-5-3-4-6-14(13)16;1-3-2/h3-9H,2H2,1H3;3H,1-2H3. The zero-order chi connectivity index (χ0) is 16.5. The average Bonchev–Trinajstić information content (AvgIpc) is 2.50. The highest BCUT2D eigenvalue weighted by Gasteiger charge is 2.15. The van der Waals surface area contributed by atoms with Crippen molar-refractivity contribution in [1.82, 2.24) is 10.3 Å². The molecule has 0 aliphatic carbocycles. The SMILES string of the molecule is C=C(Oc1ccc(C)nc1)C(=O)c1ccccc1Cl.CNC. The molecule has 4 nitrogen and oxygen atoms in total. The maximum Gasteiger partial charge on any atom is 0.229 e. The minimum absolute atomic E-state index is 0.0127. The molecule has 0 spiro atoms. The molecule has 116 valence electrons. The molecule has 2 aromatic rings. The van der Waals surface area contributed by atoms with Crippen molar-refractivity contribution in [1.29, 1.82) is 0 Å². The summed E-state index contributed by atoms with van der Waals surface area (Å²) in [6.07, 6.45) is 1.54. The summed E-state index contributed by atoms with van der Waals surface area (Å²) in [6, 6.07) is 10.3. The van der Waals surface area contributed by atoms with Gasteiger partial charge in [0.2, 0.25) is 5.78 Å². The normalized spacial score (nSPS) is 9.45. The van der Waals surface area contributed by atoms with Crippen LogP contribution < -0.4 is 10.1 Å². The summed E-state index contributed by atoms with van der Waals surface area (Å²) in [6.45, 7) is 5.50. The number of halogens is 1. The topological polar surface area (TPSA) is 51.2 Å². The van der Waals surface area contributed by atoms with Crippen LogP contribution in [-0.2, 0) is 0 Å². The van der Waals surface area contributed by atoms with E-state index in [0.717, 1.165) is 5.69 Å². The van der Waals surface area contributed by atoms with Crippen molar-refractivity contribution < 1.29 is 9.53 Å². The maximum atomic E-state index is 12.1. The highest BCUT2D eigenvalue weighted by Crippen LogP contribution is 2.20. The van der Waals surface area contributed by atoms with Gasteiger partial charge in [0.1, 0.15) is 5.75 Å². The van der Waals surface area contributed by atoms with E-state index in [1.54, 1.807) is 42.6 Å². The number of allylic oxidation sites excluding steroid dienone is 1. The Labute approximate surface area is 135 Å². The van der Waals surface area contributed by atoms with Crippen LogP contribution in [0.25, 0.3) is 0 Å². The molecule has 1 heterocycles. The second kappa shape index (κ2) is 8.97. The van der Waals surface area contributed by atoms with Crippen LogP contribution in [0.2, 0.25) is 5.02 Å². The summed E-state index contributed by atoms with van der Waals surface area (Å²) in [7, 11) is 3.75. The first-order valence-electron chi connectivity index (χ1n) is 6.66. The Morgan fingerprint density at radius 2 is 1.86 bits per heavy atom. The predicted molar refractivity (Wildman–Crippen MR) is 89.5 cm³/mol. The van der Waals surface area contributed by atoms with Crippen molar-refractivity contribution in [2.75, 3.05) is 14.1 Å². The van der Waals surface area contributed by atoms with E-state index < -0.39 is 0 Å². The molecule has 0 saturated carbocycles. The number of aryl methyl sites for hydroxylation is 1. The molecule has 0 aliphatic heterocycles. The molecule has 1 aromatic heterocycles. The number of nitrogens with one attached hydrogen (secondary N) is 1. The monoisotopic (exact) mass is 318 g/mol. The van der Waals surface area contributed by atoms with Crippen LogP contribution in [0.3, 0.4) is 0 Å². The molecule has 0 bridgehead atoms. The summed E-state index contributed by atoms with van der Waals surface area (Å²) in [4.78, 5) is 16.2. The van der Waals surface area contributed by atoms with E-state index in [2.05, 4.69) is 16.9 Å². The number of pyridine rings is 1. The number of aromatic nitrogens is 1. The Balaban J connectivity index is 0.000000745. The van der Waals surface area contributed by atoms with Crippen molar-refractivity contribution in [2.24, 2.45) is 0 Å². The average molecular weight is 319 g/mol. The van der Waals surface area contributed by atoms with Gasteiger partial charge in [0.25, 0.3) is 0 Å². The number of ketones is 1. The zero-order valence-electron chi connectivity index (χ0n) is 12.9. The van der Waals surface area contributed by atoms with Gasteiger partial charge in [0, 0.05) is 11.3 Å². The fourth-order valence-corrected chi connectivity index (χ4v) is 1.72. The second-order valence-corrected chi connectivity index (χ2v) is 4.88. The highest BCUT2D eigenvalue weighted by atomic mass is 35.5. The number of ether oxygens (including phenoxy) is 1. The van der Waals surface area contributed by atoms with E-state index >= 15 is 0 Å². The molecule has 5 heteroatoms. The number of nitrogens with zero attached hydrogens (tertiary/aromatic N) is 1. The maximum absolute atomic E-state index is 12.1. The molecular formula is C17H19ClN2O2. The van der Waals surface area contributed by atoms with Gasteiger partial charge in [-0.25, -0.2) is 0 Å². The Morgan fingerprint density at radius 1 is 1.23 bits per heavy atom. The summed E-state index contributed by atoms with van der Waals surface area (Å²) >= 11 is 5.96. The lowest BCUT2D eigenvalue weighted by Gasteiger charge is -2.08. The Bertz CT molecular complexity index is 639. The van der Waals surface area contributed by atoms with E-state index in [0.29, 0.717) is 16.3 Å². The van der Waals surface area contributed by atoms with Crippen LogP contribution in [-0.4, -0.2) is 24.9 Å². The van der Waals surface area contributed by atoms with Crippen LogP contribution in [0.15, 0.2) is 54.9 Å². The van der Waals surface area contributed by atoms with Gasteiger partial charge in [0.05, 0.1) is 11.2 Å². The quantitative estimate of drug-likeness (QED) is 0.531. The van der Waals surface area contributed by atoms with Gasteiger partial charge in [-0.1, -0.05) is 30.3 Å². The number of hydrogen-bond acceptors (Lipinski definition) is 4. The third-order valence-electron chi connectivity index (χ3n) is 2.50. The first-order valence-corrected chi connectivity index (χ1v) is 7.04. The first kappa shape index (κ1) is 17.9. The molecule has 0 unspecified atom stereocenters. The molecule has 0 radical (unpaired) electrons. The number of carbonyl (C=O) groups excluding carboxylic acids is 1. The van der Waals surface area contributed by atoms with E-state index in [9.17, 15) is 4.79 Å². The van der Waals surface area contributed by atoms with Crippen LogP contribution in [0.1, 0.15) is 16.1 Å². The molecule has 22 heavy (non-hydrogen) atoms. The van der Waals surface area contributed by atoms with Crippen molar-refractivity contribution in [3.8, 4) is 5.75 Å². The minimum Gasteiger partial charge on any atom is -0.452 e. The largest absolute Gasteiger partial charge is 0.452 e. The van der Waals surface area contributed by atoms with Crippen molar-refractivity contribution >= 4 is 17.4 Å². The van der Waals surface area contributed by atoms with E-state index in [1.165, 1.54) is 0 Å². The number of rotatable bonds is 4. The summed E-state index contributed by atoms with van der Waals surface area (Å²) < 4.78 is 5.38. The zero-order valence-corrected chi connectivity index (χ0v) is 13.6. The summed E-state index contributed by atoms with van der Waals surface area (Å²) in [5.74, 6) is 0.140. The van der Waals surface area contributed by atoms with Crippen molar-refractivity contribution in [2.45, 2.75) is 6.92 Å². The highest BCUT2D eigenvalue weighted by molar-refractivity contribution is 6.34. The summed E-state index contributed by atoms with van der Waals surface area (Å²) in [5, 5.41) is 3.12. The molecule has 1 aromatic carbocycles. The van der Waals surface area contributed by atoms with Gasteiger partial charge in [-0.15, -0.1) is 0 Å². The molecule has 2 rings (SSSR count). The molecule has 0 atom stereocenters. The van der Waals surface area contributed by atoms with E-state index in [-0.39, 0.29) is 11.5 Å². The van der Waals surface area contributed by atoms with Crippen LogP contribution in [0.5, 0.6) is 5.75 Å². The Morgan fingerprint density at radius 3 is 2.41 bits per heavy atom. The Kier molecular flexibility index (Phi) is 7.29. The van der Waals surface area contributed by atoms with E-state index in [4.69, 9.17) is 16.3 Å². The molecule has 0 fully saturated rings. The van der Waals surface area contributed by atoms with Crippen LogP contribution in [0.4, 0.5) is 0 Å². The lowest BCUT2D eigenvalue weighted by atomic mass is 10.1. The van der Waals surface area contributed by atoms with Gasteiger partial charge in [0.15, 0.2) is 5.76 Å². The van der Waals surface area contributed by atoms with Gasteiger partial charge in [-0.2, -0.15) is 0 Å². The van der Waals surface area contributed by atoms with Crippen LogP contribution >= 0.6 is 11.6 Å². The number of hydrogen-bond donors (Lipinski definition) is 1. The number of benzene rings is 1. The fraction of sp³-hybridized carbons (Fsp3) is 0.176. The van der Waals surface area contributed by atoms with Gasteiger partial charge >= 0.3 is 0 Å². The van der Waals surface area contributed by atoms with Gasteiger partial charge in [-0.3, -0.25) is 9.78 Å². The van der Waals surface area contributed by atoms with Crippen LogP contribution in [0, 0.1) is 6.92 Å². The summed E-state index contributed by atoms with van der Waals surface area (Å²) in [5.41, 5.74) is 1.24. The molecule has 1 N–H and O–H groups in total. The second-order valence-electron chi connectivity index (χ2n) is 4.47. The first-order chi connectivity index (χ1) is 10.5. The molecule has 0 aliphatic rings. The Hall–Kier alpha value is -2.17. The van der Waals surface area contributed by atoms with Gasteiger partial charge in [-0.05, 0) is 45.3 Å².